The third-order valence-corrected chi connectivity index (χ3v) is 9.35. The molecule has 0 radical (unpaired) electrons. The minimum atomic E-state index is -0.0898. The molecule has 3 aliphatic heterocycles. The highest BCUT2D eigenvalue weighted by Gasteiger charge is 2.40. The van der Waals surface area contributed by atoms with Crippen LogP contribution in [0, 0.1) is 5.92 Å². The van der Waals surface area contributed by atoms with Crippen LogP contribution in [-0.2, 0) is 11.2 Å². The summed E-state index contributed by atoms with van der Waals surface area (Å²) in [6.07, 6.45) is 12.6. The number of ether oxygens (including phenoxy) is 1. The van der Waals surface area contributed by atoms with E-state index >= 15 is 0 Å². The Bertz CT molecular complexity index is 1470. The summed E-state index contributed by atoms with van der Waals surface area (Å²) in [4.78, 5) is 5.31. The Morgan fingerprint density at radius 3 is 2.65 bits per heavy atom. The Morgan fingerprint density at radius 1 is 1.12 bits per heavy atom. The van der Waals surface area contributed by atoms with Gasteiger partial charge in [-0.3, -0.25) is 4.99 Å². The molecule has 6 rings (SSSR count). The van der Waals surface area contributed by atoms with Crippen molar-refractivity contribution in [1.82, 2.24) is 5.32 Å². The van der Waals surface area contributed by atoms with Gasteiger partial charge < -0.3 is 10.1 Å². The molecule has 4 nitrogen and oxygen atoms in total. The first-order valence-electron chi connectivity index (χ1n) is 14.9. The van der Waals surface area contributed by atoms with E-state index in [0.717, 1.165) is 47.9 Å². The molecule has 1 saturated carbocycles. The molecule has 1 fully saturated rings. The molecule has 4 heterocycles. The van der Waals surface area contributed by atoms with Crippen LogP contribution in [0.2, 0.25) is 0 Å². The van der Waals surface area contributed by atoms with Gasteiger partial charge in [0.1, 0.15) is 11.8 Å². The molecule has 0 amide bonds. The number of hydrogen-bond donors (Lipinski definition) is 1. The van der Waals surface area contributed by atoms with Crippen molar-refractivity contribution < 1.29 is 9.30 Å². The highest BCUT2D eigenvalue weighted by Crippen LogP contribution is 2.42. The van der Waals surface area contributed by atoms with Crippen LogP contribution in [0.4, 0.5) is 0 Å². The van der Waals surface area contributed by atoms with E-state index in [4.69, 9.17) is 16.3 Å². The summed E-state index contributed by atoms with van der Waals surface area (Å²) in [7, 11) is 0. The van der Waals surface area contributed by atoms with Crippen LogP contribution in [-0.4, -0.2) is 18.3 Å². The van der Waals surface area contributed by atoms with E-state index in [1.165, 1.54) is 53.5 Å². The number of aromatic nitrogens is 1. The molecule has 0 saturated heterocycles. The zero-order chi connectivity index (χ0) is 28.0. The van der Waals surface area contributed by atoms with Crippen molar-refractivity contribution >= 4 is 17.0 Å². The quantitative estimate of drug-likeness (QED) is 0.412. The second-order valence-electron chi connectivity index (χ2n) is 12.2. The van der Waals surface area contributed by atoms with E-state index in [0.29, 0.717) is 24.1 Å². The zero-order valence-electron chi connectivity index (χ0n) is 24.1. The van der Waals surface area contributed by atoms with Crippen molar-refractivity contribution in [3.63, 3.8) is 0 Å². The van der Waals surface area contributed by atoms with Crippen molar-refractivity contribution in [2.45, 2.75) is 76.7 Å². The van der Waals surface area contributed by atoms with Gasteiger partial charge >= 0.3 is 0 Å². The molecule has 1 N–H and O–H groups in total. The Labute approximate surface area is 239 Å². The van der Waals surface area contributed by atoms with Gasteiger partial charge in [-0.1, -0.05) is 77.0 Å². The number of rotatable bonds is 4. The van der Waals surface area contributed by atoms with Crippen LogP contribution in [0.1, 0.15) is 92.2 Å². The minimum Gasteiger partial charge on any atom is -0.442 e. The van der Waals surface area contributed by atoms with Crippen LogP contribution in [0.3, 0.4) is 0 Å². The molecule has 40 heavy (non-hydrogen) atoms. The lowest BCUT2D eigenvalue weighted by atomic mass is 9.79. The van der Waals surface area contributed by atoms with Crippen LogP contribution < -0.4 is 9.88 Å². The lowest BCUT2D eigenvalue weighted by molar-refractivity contribution is -0.587. The lowest BCUT2D eigenvalue weighted by Gasteiger charge is -2.30. The van der Waals surface area contributed by atoms with E-state index in [1.54, 1.807) is 0 Å². The largest absolute Gasteiger partial charge is 0.442 e. The fourth-order valence-corrected chi connectivity index (χ4v) is 7.31. The summed E-state index contributed by atoms with van der Waals surface area (Å²) in [6, 6.07) is 11.0. The first-order valence-corrected chi connectivity index (χ1v) is 14.9. The minimum absolute atomic E-state index is 0.0898. The second kappa shape index (κ2) is 10.7. The number of benzene rings is 1. The maximum absolute atomic E-state index is 6.13. The van der Waals surface area contributed by atoms with Gasteiger partial charge in [0.2, 0.25) is 11.4 Å². The molecule has 2 atom stereocenters. The molecule has 2 unspecified atom stereocenters. The Morgan fingerprint density at radius 2 is 1.90 bits per heavy atom. The van der Waals surface area contributed by atoms with E-state index < -0.39 is 0 Å². The van der Waals surface area contributed by atoms with Gasteiger partial charge in [0.05, 0.1) is 11.3 Å². The van der Waals surface area contributed by atoms with E-state index in [-0.39, 0.29) is 12.0 Å². The van der Waals surface area contributed by atoms with Gasteiger partial charge in [-0.15, -0.1) is 0 Å². The molecule has 0 spiro atoms. The highest BCUT2D eigenvalue weighted by molar-refractivity contribution is 6.10. The SMILES string of the molecule is C=CC1=NC2C(=C)[n+]3cc(C(C)C)c(CC4CCCC4)cc3C3=C(CCC2c2ccccc21)CNC(=C)OC3=C. The third-order valence-electron chi connectivity index (χ3n) is 9.35. The molecule has 4 heteroatoms. The number of nitrogens with one attached hydrogen (secondary N) is 1. The van der Waals surface area contributed by atoms with Gasteiger partial charge in [-0.05, 0) is 67.0 Å². The average Bonchev–Trinajstić information content (AvgIpc) is 3.42. The number of allylic oxidation sites excluding steroid dienone is 2. The number of aliphatic imine (C=N–C) groups is 1. The van der Waals surface area contributed by atoms with E-state index in [2.05, 4.69) is 80.0 Å². The number of hydrogen-bond acceptors (Lipinski definition) is 3. The van der Waals surface area contributed by atoms with Gasteiger partial charge in [0.15, 0.2) is 12.1 Å². The average molecular weight is 533 g/mol. The molecule has 1 aromatic heterocycles. The van der Waals surface area contributed by atoms with Gasteiger partial charge in [0, 0.05) is 29.7 Å². The molecular weight excluding hydrogens is 490 g/mol. The normalized spacial score (nSPS) is 23.0. The molecule has 1 aliphatic carbocycles. The first kappa shape index (κ1) is 26.6. The standard InChI is InChI=1S/C36H42N3O/c1-7-33-30-15-11-10-14-29(30)31-17-16-27-20-37-25(6)40-24(5)35(27)34-19-28(18-26-12-8-9-13-26)32(22(2)3)21-39(34)23(4)36(31)38-33/h7,10-11,14-15,19,21-22,26,31,36-37H,1,4-6,8-9,12-13,16-18,20H2,2-3H3/q+1. The third kappa shape index (κ3) is 4.68. The summed E-state index contributed by atoms with van der Waals surface area (Å²) >= 11 is 0. The van der Waals surface area contributed by atoms with Crippen molar-refractivity contribution in [2.75, 3.05) is 6.54 Å². The summed E-state index contributed by atoms with van der Waals surface area (Å²) in [6.45, 7) is 22.7. The van der Waals surface area contributed by atoms with Crippen LogP contribution in [0.5, 0.6) is 0 Å². The van der Waals surface area contributed by atoms with E-state index in [1.807, 2.05) is 6.08 Å². The molecular formula is C36H42N3O+. The van der Waals surface area contributed by atoms with Crippen LogP contribution >= 0.6 is 0 Å². The van der Waals surface area contributed by atoms with Crippen molar-refractivity contribution in [1.29, 1.82) is 0 Å². The molecule has 0 bridgehead atoms. The van der Waals surface area contributed by atoms with Gasteiger partial charge in [-0.2, -0.15) is 4.57 Å². The fraction of sp³-hybridized carbons (Fsp3) is 0.389. The Kier molecular flexibility index (Phi) is 7.12. The Hall–Kier alpha value is -3.66. The number of nitrogens with zero attached hydrogens (tertiary/aromatic N) is 2. The van der Waals surface area contributed by atoms with E-state index in [9.17, 15) is 0 Å². The highest BCUT2D eigenvalue weighted by atomic mass is 16.5. The Balaban J connectivity index is 1.59. The summed E-state index contributed by atoms with van der Waals surface area (Å²) in [5.41, 5.74) is 10.8. The second-order valence-corrected chi connectivity index (χ2v) is 12.2. The fourth-order valence-electron chi connectivity index (χ4n) is 7.31. The maximum Gasteiger partial charge on any atom is 0.222 e. The zero-order valence-corrected chi connectivity index (χ0v) is 24.1. The molecule has 1 aromatic carbocycles. The summed E-state index contributed by atoms with van der Waals surface area (Å²) in [5, 5.41) is 3.39. The maximum atomic E-state index is 6.13. The lowest BCUT2D eigenvalue weighted by Crippen LogP contribution is -2.44. The first-order chi connectivity index (χ1) is 19.4. The van der Waals surface area contributed by atoms with Crippen molar-refractivity contribution in [3.05, 3.63) is 114 Å². The van der Waals surface area contributed by atoms with Gasteiger partial charge in [-0.25, -0.2) is 0 Å². The summed E-state index contributed by atoms with van der Waals surface area (Å²) in [5.74, 6) is 2.55. The van der Waals surface area contributed by atoms with Crippen molar-refractivity contribution in [2.24, 2.45) is 10.9 Å². The smallest absolute Gasteiger partial charge is 0.222 e. The van der Waals surface area contributed by atoms with Gasteiger partial charge in [0.25, 0.3) is 0 Å². The predicted octanol–water partition coefficient (Wildman–Crippen LogP) is 7.59. The number of fused-ring (bicyclic) bond motifs is 5. The number of pyridine rings is 1. The summed E-state index contributed by atoms with van der Waals surface area (Å²) < 4.78 is 8.44. The molecule has 206 valence electrons. The molecule has 4 aliphatic rings. The topological polar surface area (TPSA) is 37.5 Å². The monoisotopic (exact) mass is 532 g/mol. The molecule has 2 aromatic rings. The van der Waals surface area contributed by atoms with Crippen molar-refractivity contribution in [3.8, 4) is 0 Å². The van der Waals surface area contributed by atoms with Crippen LogP contribution in [0.25, 0.3) is 11.3 Å². The predicted molar refractivity (Wildman–Crippen MR) is 165 cm³/mol. The van der Waals surface area contributed by atoms with Crippen LogP contribution in [0.15, 0.2) is 91.1 Å².